The van der Waals surface area contributed by atoms with Gasteiger partial charge in [-0.15, -0.1) is 0 Å². The predicted octanol–water partition coefficient (Wildman–Crippen LogP) is -2.58. The molecule has 4 amide bonds. The molecule has 0 aliphatic carbocycles. The second-order valence-electron chi connectivity index (χ2n) is 6.31. The van der Waals surface area contributed by atoms with Crippen LogP contribution in [0.4, 0.5) is 0 Å². The molecule has 0 rings (SSSR count). The molecule has 26 heavy (non-hydrogen) atoms. The lowest BCUT2D eigenvalue weighted by Crippen LogP contribution is -2.56. The quantitative estimate of drug-likeness (QED) is 0.242. The van der Waals surface area contributed by atoms with Gasteiger partial charge in [0.2, 0.25) is 23.6 Å². The van der Waals surface area contributed by atoms with Gasteiger partial charge in [0.05, 0.1) is 12.5 Å². The Morgan fingerprint density at radius 2 is 1.27 bits per heavy atom. The van der Waals surface area contributed by atoms with E-state index in [9.17, 15) is 24.0 Å². The third kappa shape index (κ3) is 7.92. The predicted molar refractivity (Wildman–Crippen MR) is 91.4 cm³/mol. The molecular weight excluding hydrogens is 346 g/mol. The van der Waals surface area contributed by atoms with E-state index in [1.807, 2.05) is 0 Å². The second kappa shape index (κ2) is 10.3. The summed E-state index contributed by atoms with van der Waals surface area (Å²) in [6.07, 6.45) is -0.370. The zero-order chi connectivity index (χ0) is 20.6. The van der Waals surface area contributed by atoms with Crippen LogP contribution in [0.3, 0.4) is 0 Å². The number of hydrogen-bond acceptors (Lipinski definition) is 6. The van der Waals surface area contributed by atoms with Crippen LogP contribution < -0.4 is 27.4 Å². The van der Waals surface area contributed by atoms with E-state index in [1.54, 1.807) is 13.8 Å². The molecule has 11 heteroatoms. The van der Waals surface area contributed by atoms with Crippen molar-refractivity contribution in [1.82, 2.24) is 16.0 Å². The number of carboxylic acid groups (broad SMARTS) is 1. The molecule has 4 unspecified atom stereocenters. The topological polar surface area (TPSA) is 194 Å². The van der Waals surface area contributed by atoms with Crippen LogP contribution in [0.1, 0.15) is 34.1 Å². The van der Waals surface area contributed by atoms with E-state index in [0.29, 0.717) is 0 Å². The zero-order valence-electron chi connectivity index (χ0n) is 15.2. The Morgan fingerprint density at radius 3 is 1.65 bits per heavy atom. The van der Waals surface area contributed by atoms with Crippen molar-refractivity contribution < 1.29 is 29.1 Å². The average molecular weight is 373 g/mol. The number of rotatable bonds is 10. The summed E-state index contributed by atoms with van der Waals surface area (Å²) in [6, 6.07) is -4.34. The van der Waals surface area contributed by atoms with Crippen molar-refractivity contribution in [2.24, 2.45) is 17.4 Å². The molecule has 0 radical (unpaired) electrons. The van der Waals surface area contributed by atoms with Gasteiger partial charge < -0.3 is 32.5 Å². The van der Waals surface area contributed by atoms with Crippen molar-refractivity contribution >= 4 is 29.6 Å². The smallest absolute Gasteiger partial charge is 0.326 e. The van der Waals surface area contributed by atoms with Gasteiger partial charge in [-0.1, -0.05) is 13.8 Å². The molecule has 0 heterocycles. The molecule has 4 atom stereocenters. The van der Waals surface area contributed by atoms with E-state index in [0.717, 1.165) is 0 Å². The SMILES string of the molecule is CC(NC(=O)C(N)CC(N)=O)C(=O)NC(C)C(=O)NC(C(=O)O)C(C)C. The molecule has 0 aromatic rings. The van der Waals surface area contributed by atoms with Crippen LogP contribution in [-0.2, 0) is 24.0 Å². The van der Waals surface area contributed by atoms with Crippen molar-refractivity contribution in [3.8, 4) is 0 Å². The summed E-state index contributed by atoms with van der Waals surface area (Å²) in [5, 5.41) is 16.0. The number of primary amides is 1. The van der Waals surface area contributed by atoms with Gasteiger partial charge in [0.1, 0.15) is 18.1 Å². The molecule has 0 aliphatic heterocycles. The Labute approximate surface area is 151 Å². The Bertz CT molecular complexity index is 565. The second-order valence-corrected chi connectivity index (χ2v) is 6.31. The number of carbonyl (C=O) groups excluding carboxylic acids is 4. The third-order valence-corrected chi connectivity index (χ3v) is 3.49. The first-order valence-corrected chi connectivity index (χ1v) is 8.04. The maximum atomic E-state index is 12.0. The Morgan fingerprint density at radius 1 is 0.846 bits per heavy atom. The molecule has 0 fully saturated rings. The standard InChI is InChI=1S/C15H27N5O6/c1-6(2)11(15(25)26)20-13(23)8(4)18-12(22)7(3)19-14(24)9(16)5-10(17)21/h6-9,11H,5,16H2,1-4H3,(H2,17,21)(H,18,22)(H,19,24)(H,20,23)(H,25,26). The summed E-state index contributed by atoms with van der Waals surface area (Å²) in [4.78, 5) is 57.6. The number of carbonyl (C=O) groups is 5. The van der Waals surface area contributed by atoms with E-state index in [4.69, 9.17) is 16.6 Å². The molecular formula is C15H27N5O6. The summed E-state index contributed by atoms with van der Waals surface area (Å²) < 4.78 is 0. The lowest BCUT2D eigenvalue weighted by Gasteiger charge is -2.22. The van der Waals surface area contributed by atoms with E-state index < -0.39 is 53.8 Å². The summed E-state index contributed by atoms with van der Waals surface area (Å²) in [7, 11) is 0. The van der Waals surface area contributed by atoms with E-state index in [1.165, 1.54) is 13.8 Å². The Balaban J connectivity index is 4.64. The first kappa shape index (κ1) is 23.3. The molecule has 0 saturated heterocycles. The first-order valence-electron chi connectivity index (χ1n) is 8.04. The molecule has 0 aromatic carbocycles. The summed E-state index contributed by atoms with van der Waals surface area (Å²) in [5.74, 6) is -4.38. The maximum absolute atomic E-state index is 12.0. The number of nitrogens with two attached hydrogens (primary N) is 2. The van der Waals surface area contributed by atoms with E-state index in [2.05, 4.69) is 16.0 Å². The molecule has 8 N–H and O–H groups in total. The Kier molecular flexibility index (Phi) is 9.27. The third-order valence-electron chi connectivity index (χ3n) is 3.49. The number of nitrogens with one attached hydrogen (secondary N) is 3. The van der Waals surface area contributed by atoms with Crippen molar-refractivity contribution in [2.45, 2.75) is 58.3 Å². The van der Waals surface area contributed by atoms with Crippen LogP contribution in [0.5, 0.6) is 0 Å². The van der Waals surface area contributed by atoms with E-state index in [-0.39, 0.29) is 12.3 Å². The van der Waals surface area contributed by atoms with Gasteiger partial charge in [-0.05, 0) is 19.8 Å². The van der Waals surface area contributed by atoms with E-state index >= 15 is 0 Å². The fraction of sp³-hybridized carbons (Fsp3) is 0.667. The highest BCUT2D eigenvalue weighted by Crippen LogP contribution is 2.02. The number of carboxylic acids is 1. The minimum atomic E-state index is -1.19. The fourth-order valence-electron chi connectivity index (χ4n) is 1.89. The van der Waals surface area contributed by atoms with Gasteiger partial charge in [0, 0.05) is 0 Å². The number of aliphatic carboxylic acids is 1. The largest absolute Gasteiger partial charge is 0.480 e. The first-order chi connectivity index (χ1) is 11.9. The molecule has 148 valence electrons. The molecule has 11 nitrogen and oxygen atoms in total. The molecule has 0 saturated carbocycles. The summed E-state index contributed by atoms with van der Waals surface area (Å²) in [6.45, 7) is 6.01. The minimum absolute atomic E-state index is 0.343. The zero-order valence-corrected chi connectivity index (χ0v) is 15.2. The highest BCUT2D eigenvalue weighted by atomic mass is 16.4. The summed E-state index contributed by atoms with van der Waals surface area (Å²) in [5.41, 5.74) is 10.4. The fourth-order valence-corrected chi connectivity index (χ4v) is 1.89. The normalized spacial score (nSPS) is 15.3. The molecule has 0 aliphatic rings. The van der Waals surface area contributed by atoms with Crippen molar-refractivity contribution in [2.75, 3.05) is 0 Å². The van der Waals surface area contributed by atoms with Gasteiger partial charge in [0.15, 0.2) is 0 Å². The highest BCUT2D eigenvalue weighted by molar-refractivity contribution is 5.94. The van der Waals surface area contributed by atoms with Crippen molar-refractivity contribution in [1.29, 1.82) is 0 Å². The monoisotopic (exact) mass is 373 g/mol. The molecule has 0 aromatic heterocycles. The minimum Gasteiger partial charge on any atom is -0.480 e. The number of hydrogen-bond donors (Lipinski definition) is 6. The summed E-state index contributed by atoms with van der Waals surface area (Å²) >= 11 is 0. The van der Waals surface area contributed by atoms with Crippen LogP contribution in [0.2, 0.25) is 0 Å². The highest BCUT2D eigenvalue weighted by Gasteiger charge is 2.28. The van der Waals surface area contributed by atoms with Crippen molar-refractivity contribution in [3.63, 3.8) is 0 Å². The lowest BCUT2D eigenvalue weighted by atomic mass is 10.0. The van der Waals surface area contributed by atoms with Crippen molar-refractivity contribution in [3.05, 3.63) is 0 Å². The van der Waals surface area contributed by atoms with Crippen LogP contribution in [0.25, 0.3) is 0 Å². The number of amides is 4. The van der Waals surface area contributed by atoms with Gasteiger partial charge in [0.25, 0.3) is 0 Å². The van der Waals surface area contributed by atoms with Crippen LogP contribution in [0.15, 0.2) is 0 Å². The van der Waals surface area contributed by atoms with Gasteiger partial charge in [-0.25, -0.2) is 4.79 Å². The lowest BCUT2D eigenvalue weighted by molar-refractivity contribution is -0.143. The van der Waals surface area contributed by atoms with Gasteiger partial charge in [-0.3, -0.25) is 19.2 Å². The molecule has 0 bridgehead atoms. The maximum Gasteiger partial charge on any atom is 0.326 e. The average Bonchev–Trinajstić information content (AvgIpc) is 2.50. The van der Waals surface area contributed by atoms with Gasteiger partial charge >= 0.3 is 5.97 Å². The van der Waals surface area contributed by atoms with Crippen LogP contribution in [0, 0.1) is 5.92 Å². The van der Waals surface area contributed by atoms with Gasteiger partial charge in [-0.2, -0.15) is 0 Å². The Hall–Kier alpha value is -2.69. The molecule has 0 spiro atoms. The van der Waals surface area contributed by atoms with Crippen LogP contribution in [-0.4, -0.2) is 58.9 Å². The van der Waals surface area contributed by atoms with Crippen LogP contribution >= 0.6 is 0 Å².